The predicted molar refractivity (Wildman–Crippen MR) is 80.9 cm³/mol. The molecule has 2 atom stereocenters. The molecule has 22 heavy (non-hydrogen) atoms. The van der Waals surface area contributed by atoms with Gasteiger partial charge in [-0.15, -0.1) is 0 Å². The van der Waals surface area contributed by atoms with Crippen molar-refractivity contribution >= 4 is 16.8 Å². The van der Waals surface area contributed by atoms with Gasteiger partial charge in [0.15, 0.2) is 6.10 Å². The Morgan fingerprint density at radius 3 is 2.50 bits per heavy atom. The van der Waals surface area contributed by atoms with Gasteiger partial charge in [0.1, 0.15) is 17.3 Å². The number of ether oxygens (including phenoxy) is 1. The first-order valence-electron chi connectivity index (χ1n) is 7.01. The Kier molecular flexibility index (Phi) is 2.91. The zero-order chi connectivity index (χ0) is 15.1. The highest BCUT2D eigenvalue weighted by molar-refractivity contribution is 6.02. The lowest BCUT2D eigenvalue weighted by Gasteiger charge is -2.00. The van der Waals surface area contributed by atoms with Crippen LogP contribution in [-0.2, 0) is 4.74 Å². The highest BCUT2D eigenvalue weighted by Crippen LogP contribution is 2.40. The Hall–Kier alpha value is -2.72. The van der Waals surface area contributed by atoms with Crippen molar-refractivity contribution in [3.05, 3.63) is 82.2 Å². The van der Waals surface area contributed by atoms with Crippen LogP contribution in [0.15, 0.2) is 69.9 Å². The van der Waals surface area contributed by atoms with Crippen LogP contribution >= 0.6 is 0 Å². The third-order valence-electron chi connectivity index (χ3n) is 3.78. The van der Waals surface area contributed by atoms with Crippen LogP contribution in [0.4, 0.5) is 0 Å². The van der Waals surface area contributed by atoms with Crippen LogP contribution in [-0.4, -0.2) is 11.9 Å². The number of carbonyl (C=O) groups excluding carboxylic acids is 1. The molecule has 1 aromatic heterocycles. The van der Waals surface area contributed by atoms with Gasteiger partial charge in [-0.2, -0.15) is 0 Å². The van der Waals surface area contributed by atoms with Gasteiger partial charge in [0.2, 0.25) is 5.78 Å². The Labute approximate surface area is 126 Å². The average molecular weight is 292 g/mol. The SMILES string of the molecule is O=C(c1cc2ccccc2oc1=O)[C@H]1O[C@@H]1c1ccccc1. The lowest BCUT2D eigenvalue weighted by Crippen LogP contribution is -2.18. The van der Waals surface area contributed by atoms with Crippen molar-refractivity contribution in [2.24, 2.45) is 0 Å². The lowest BCUT2D eigenvalue weighted by molar-refractivity contribution is 0.0950. The van der Waals surface area contributed by atoms with E-state index in [0.717, 1.165) is 10.9 Å². The van der Waals surface area contributed by atoms with Crippen LogP contribution in [0.25, 0.3) is 11.0 Å². The first-order valence-corrected chi connectivity index (χ1v) is 7.01. The topological polar surface area (TPSA) is 59.8 Å². The van der Waals surface area contributed by atoms with Crippen molar-refractivity contribution in [3.8, 4) is 0 Å². The summed E-state index contributed by atoms with van der Waals surface area (Å²) in [5.41, 5.74) is 0.833. The minimum absolute atomic E-state index is 0.0436. The second kappa shape index (κ2) is 4.93. The largest absolute Gasteiger partial charge is 0.422 e. The molecule has 0 radical (unpaired) electrons. The third-order valence-corrected chi connectivity index (χ3v) is 3.78. The van der Waals surface area contributed by atoms with Crippen molar-refractivity contribution < 1.29 is 13.9 Å². The molecule has 0 saturated carbocycles. The summed E-state index contributed by atoms with van der Waals surface area (Å²) in [7, 11) is 0. The van der Waals surface area contributed by atoms with Gasteiger partial charge in [-0.1, -0.05) is 48.5 Å². The van der Waals surface area contributed by atoms with Gasteiger partial charge in [-0.3, -0.25) is 4.79 Å². The minimum Gasteiger partial charge on any atom is -0.422 e. The summed E-state index contributed by atoms with van der Waals surface area (Å²) in [4.78, 5) is 24.5. The molecule has 3 aromatic rings. The van der Waals surface area contributed by atoms with Crippen molar-refractivity contribution in [1.29, 1.82) is 0 Å². The van der Waals surface area contributed by atoms with E-state index in [4.69, 9.17) is 9.15 Å². The monoisotopic (exact) mass is 292 g/mol. The highest BCUT2D eigenvalue weighted by atomic mass is 16.6. The summed E-state index contributed by atoms with van der Waals surface area (Å²) in [6.07, 6.45) is -0.883. The highest BCUT2D eigenvalue weighted by Gasteiger charge is 2.47. The van der Waals surface area contributed by atoms with E-state index >= 15 is 0 Å². The number of para-hydroxylation sites is 1. The number of benzene rings is 2. The first kappa shape index (κ1) is 13.0. The standard InChI is InChI=1S/C18H12O4/c19-15(17-16(22-17)11-6-2-1-3-7-11)13-10-12-8-4-5-9-14(12)21-18(13)20/h1-10,16-17H/t16-,17-/m1/s1. The molecule has 4 heteroatoms. The van der Waals surface area contributed by atoms with E-state index in [9.17, 15) is 9.59 Å². The maximum Gasteiger partial charge on any atom is 0.347 e. The van der Waals surface area contributed by atoms with Gasteiger partial charge < -0.3 is 9.15 Å². The molecule has 4 rings (SSSR count). The maximum atomic E-state index is 12.5. The van der Waals surface area contributed by atoms with Crippen molar-refractivity contribution in [2.45, 2.75) is 12.2 Å². The van der Waals surface area contributed by atoms with Crippen molar-refractivity contribution in [1.82, 2.24) is 0 Å². The summed E-state index contributed by atoms with van der Waals surface area (Å²) < 4.78 is 10.7. The maximum absolute atomic E-state index is 12.5. The third kappa shape index (κ3) is 2.14. The minimum atomic E-state index is -0.619. The Morgan fingerprint density at radius 1 is 0.955 bits per heavy atom. The quantitative estimate of drug-likeness (QED) is 0.423. The Morgan fingerprint density at radius 2 is 1.68 bits per heavy atom. The van der Waals surface area contributed by atoms with Gasteiger partial charge in [0, 0.05) is 5.39 Å². The molecule has 2 heterocycles. The molecule has 1 fully saturated rings. The molecule has 0 N–H and O–H groups in total. The molecule has 4 nitrogen and oxygen atoms in total. The molecule has 0 unspecified atom stereocenters. The van der Waals surface area contributed by atoms with Crippen molar-refractivity contribution in [3.63, 3.8) is 0 Å². The van der Waals surface area contributed by atoms with Gasteiger partial charge in [0.05, 0.1) is 0 Å². The second-order valence-corrected chi connectivity index (χ2v) is 5.24. The molecule has 1 aliphatic heterocycles. The number of rotatable bonds is 3. The fourth-order valence-electron chi connectivity index (χ4n) is 2.59. The molecule has 108 valence electrons. The lowest BCUT2D eigenvalue weighted by atomic mass is 10.0. The molecule has 0 bridgehead atoms. The number of ketones is 1. The molecular weight excluding hydrogens is 280 g/mol. The summed E-state index contributed by atoms with van der Waals surface area (Å²) in [6, 6.07) is 18.2. The number of hydrogen-bond donors (Lipinski definition) is 0. The zero-order valence-corrected chi connectivity index (χ0v) is 11.6. The molecule has 1 aliphatic rings. The van der Waals surface area contributed by atoms with Crippen LogP contribution in [0, 0.1) is 0 Å². The van der Waals surface area contributed by atoms with Gasteiger partial charge in [-0.25, -0.2) is 4.79 Å². The fourth-order valence-corrected chi connectivity index (χ4v) is 2.59. The van der Waals surface area contributed by atoms with Gasteiger partial charge in [0.25, 0.3) is 0 Å². The zero-order valence-electron chi connectivity index (χ0n) is 11.6. The van der Waals surface area contributed by atoms with E-state index in [1.165, 1.54) is 0 Å². The van der Waals surface area contributed by atoms with Gasteiger partial charge in [-0.05, 0) is 17.7 Å². The summed E-state index contributed by atoms with van der Waals surface area (Å²) in [5.74, 6) is -0.326. The molecule has 1 saturated heterocycles. The number of epoxide rings is 1. The van der Waals surface area contributed by atoms with E-state index < -0.39 is 11.7 Å². The van der Waals surface area contributed by atoms with Crippen LogP contribution in [0.2, 0.25) is 0 Å². The normalized spacial score (nSPS) is 20.0. The average Bonchev–Trinajstić information content (AvgIpc) is 3.35. The fraction of sp³-hybridized carbons (Fsp3) is 0.111. The van der Waals surface area contributed by atoms with Crippen LogP contribution in [0.1, 0.15) is 22.0 Å². The molecule has 0 spiro atoms. The summed E-state index contributed by atoms with van der Waals surface area (Å²) in [5, 5.41) is 0.724. The van der Waals surface area contributed by atoms with Crippen molar-refractivity contribution in [2.75, 3.05) is 0 Å². The smallest absolute Gasteiger partial charge is 0.347 e. The number of hydrogen-bond acceptors (Lipinski definition) is 4. The molecule has 0 amide bonds. The molecular formula is C18H12O4. The summed E-state index contributed by atoms with van der Waals surface area (Å²) in [6.45, 7) is 0. The van der Waals surface area contributed by atoms with Crippen LogP contribution in [0.3, 0.4) is 0 Å². The molecule has 2 aromatic carbocycles. The number of carbonyl (C=O) groups is 1. The number of fused-ring (bicyclic) bond motifs is 1. The van der Waals surface area contributed by atoms with Crippen LogP contribution < -0.4 is 5.63 Å². The van der Waals surface area contributed by atoms with E-state index in [1.807, 2.05) is 36.4 Å². The predicted octanol–water partition coefficient (Wildman–Crippen LogP) is 3.12. The molecule has 0 aliphatic carbocycles. The van der Waals surface area contributed by atoms with E-state index in [1.54, 1.807) is 24.3 Å². The number of Topliss-reactive ketones (excluding diaryl/α,β-unsaturated/α-hetero) is 1. The first-order chi connectivity index (χ1) is 10.7. The Balaban J connectivity index is 1.67. The van der Waals surface area contributed by atoms with Crippen LogP contribution in [0.5, 0.6) is 0 Å². The second-order valence-electron chi connectivity index (χ2n) is 5.24. The Bertz CT molecular complexity index is 911. The van der Waals surface area contributed by atoms with Gasteiger partial charge >= 0.3 is 5.63 Å². The van der Waals surface area contributed by atoms with E-state index in [2.05, 4.69) is 0 Å². The van der Waals surface area contributed by atoms with E-state index in [0.29, 0.717) is 5.58 Å². The van der Waals surface area contributed by atoms with E-state index in [-0.39, 0.29) is 17.5 Å². The summed E-state index contributed by atoms with van der Waals surface area (Å²) >= 11 is 0.